The van der Waals surface area contributed by atoms with Crippen molar-refractivity contribution in [2.75, 3.05) is 6.61 Å². The lowest BCUT2D eigenvalue weighted by Gasteiger charge is -2.05. The van der Waals surface area contributed by atoms with Crippen molar-refractivity contribution < 1.29 is 22.7 Å². The van der Waals surface area contributed by atoms with Gasteiger partial charge in [0.05, 0.1) is 23.5 Å². The highest BCUT2D eigenvalue weighted by Gasteiger charge is 2.29. The van der Waals surface area contributed by atoms with Gasteiger partial charge in [-0.3, -0.25) is 4.79 Å². The summed E-state index contributed by atoms with van der Waals surface area (Å²) in [6.45, 7) is 2.27. The Morgan fingerprint density at radius 1 is 0.862 bits per heavy atom. The second kappa shape index (κ2) is 11.3. The molecule has 0 atom stereocenters. The van der Waals surface area contributed by atoms with Crippen LogP contribution in [0.25, 0.3) is 0 Å². The molecule has 0 saturated carbocycles. The van der Waals surface area contributed by atoms with E-state index in [1.54, 1.807) is 6.92 Å². The van der Waals surface area contributed by atoms with E-state index in [-0.39, 0.29) is 5.97 Å². The molecule has 2 aromatic carbocycles. The van der Waals surface area contributed by atoms with Crippen molar-refractivity contribution in [2.45, 2.75) is 51.6 Å². The number of carbonyl (C=O) groups is 1. The Labute approximate surface area is 168 Å². The van der Waals surface area contributed by atoms with E-state index in [9.17, 15) is 18.0 Å². The smallest absolute Gasteiger partial charge is 0.416 e. The number of rotatable bonds is 10. The summed E-state index contributed by atoms with van der Waals surface area (Å²) in [6, 6.07) is 12.2. The minimum Gasteiger partial charge on any atom is -0.466 e. The Balaban J connectivity index is 1.71. The van der Waals surface area contributed by atoms with Crippen molar-refractivity contribution in [3.63, 3.8) is 0 Å². The molecule has 2 aromatic rings. The molecule has 0 fully saturated rings. The highest BCUT2D eigenvalue weighted by molar-refractivity contribution is 5.68. The van der Waals surface area contributed by atoms with Crippen LogP contribution >= 0.6 is 0 Å². The summed E-state index contributed by atoms with van der Waals surface area (Å²) in [4.78, 5) is 11.0. The first-order chi connectivity index (χ1) is 13.9. The van der Waals surface area contributed by atoms with E-state index in [0.29, 0.717) is 24.4 Å². The van der Waals surface area contributed by atoms with Crippen LogP contribution < -0.4 is 0 Å². The van der Waals surface area contributed by atoms with E-state index in [4.69, 9.17) is 4.74 Å². The number of carbonyl (C=O) groups excluding carboxylic acids is 1. The molecule has 156 valence electrons. The average molecular weight is 406 g/mol. The van der Waals surface area contributed by atoms with Crippen LogP contribution in [0.2, 0.25) is 0 Å². The van der Waals surface area contributed by atoms with Gasteiger partial charge in [0.15, 0.2) is 0 Å². The number of esters is 1. The standard InChI is InChI=1S/C22H25F3N2O2/c1-2-21(28)29-16-6-4-3-5-7-17-8-12-19(13-9-17)26-27-20-14-10-18(11-15-20)22(23,24)25/h8-15H,2-7,16H2,1H3. The Hall–Kier alpha value is -2.70. The molecule has 0 N–H and O–H groups in total. The molecule has 0 aliphatic carbocycles. The number of aryl methyl sites for hydroxylation is 1. The van der Waals surface area contributed by atoms with Crippen LogP contribution in [0.1, 0.15) is 50.2 Å². The molecule has 0 aliphatic heterocycles. The summed E-state index contributed by atoms with van der Waals surface area (Å²) in [6.07, 6.45) is 1.04. The fourth-order valence-corrected chi connectivity index (χ4v) is 2.63. The van der Waals surface area contributed by atoms with Gasteiger partial charge in [-0.05, 0) is 61.2 Å². The predicted octanol–water partition coefficient (Wildman–Crippen LogP) is 7.18. The minimum atomic E-state index is -4.35. The number of halogens is 3. The number of alkyl halides is 3. The Kier molecular flexibility index (Phi) is 8.83. The van der Waals surface area contributed by atoms with Crippen LogP contribution in [-0.4, -0.2) is 12.6 Å². The van der Waals surface area contributed by atoms with Gasteiger partial charge in [0.2, 0.25) is 0 Å². The highest BCUT2D eigenvalue weighted by atomic mass is 19.4. The third kappa shape index (κ3) is 8.46. The third-order valence-corrected chi connectivity index (χ3v) is 4.32. The minimum absolute atomic E-state index is 0.152. The number of ether oxygens (including phenoxy) is 1. The highest BCUT2D eigenvalue weighted by Crippen LogP contribution is 2.30. The zero-order valence-corrected chi connectivity index (χ0v) is 16.4. The Morgan fingerprint density at radius 3 is 1.97 bits per heavy atom. The second-order valence-corrected chi connectivity index (χ2v) is 6.65. The number of nitrogens with zero attached hydrogens (tertiary/aromatic N) is 2. The molecule has 0 unspecified atom stereocenters. The Morgan fingerprint density at radius 2 is 1.41 bits per heavy atom. The molecule has 2 rings (SSSR count). The first-order valence-electron chi connectivity index (χ1n) is 9.72. The second-order valence-electron chi connectivity index (χ2n) is 6.65. The van der Waals surface area contributed by atoms with E-state index in [0.717, 1.165) is 44.2 Å². The van der Waals surface area contributed by atoms with Gasteiger partial charge in [-0.2, -0.15) is 23.4 Å². The van der Waals surface area contributed by atoms with E-state index in [1.807, 2.05) is 24.3 Å². The molecule has 0 radical (unpaired) electrons. The van der Waals surface area contributed by atoms with Gasteiger partial charge >= 0.3 is 12.1 Å². The molecular formula is C22H25F3N2O2. The number of azo groups is 1. The zero-order chi connectivity index (χ0) is 21.1. The molecule has 0 aromatic heterocycles. The number of unbranched alkanes of at least 4 members (excludes halogenated alkanes) is 3. The maximum absolute atomic E-state index is 12.5. The molecule has 4 nitrogen and oxygen atoms in total. The molecule has 29 heavy (non-hydrogen) atoms. The van der Waals surface area contributed by atoms with Gasteiger partial charge in [0.25, 0.3) is 0 Å². The Bertz CT molecular complexity index is 785. The fraction of sp³-hybridized carbons (Fsp3) is 0.409. The van der Waals surface area contributed by atoms with Crippen LogP contribution in [0, 0.1) is 0 Å². The van der Waals surface area contributed by atoms with E-state index < -0.39 is 11.7 Å². The van der Waals surface area contributed by atoms with Crippen molar-refractivity contribution in [1.82, 2.24) is 0 Å². The van der Waals surface area contributed by atoms with E-state index in [2.05, 4.69) is 10.2 Å². The van der Waals surface area contributed by atoms with Crippen LogP contribution in [-0.2, 0) is 22.1 Å². The molecule has 0 heterocycles. The summed E-state index contributed by atoms with van der Waals surface area (Å²) in [5.41, 5.74) is 1.50. The van der Waals surface area contributed by atoms with Crippen molar-refractivity contribution in [1.29, 1.82) is 0 Å². The first kappa shape index (κ1) is 22.6. The summed E-state index contributed by atoms with van der Waals surface area (Å²) < 4.78 is 42.7. The molecule has 0 bridgehead atoms. The van der Waals surface area contributed by atoms with Crippen LogP contribution in [0.5, 0.6) is 0 Å². The van der Waals surface area contributed by atoms with E-state index >= 15 is 0 Å². The number of hydrogen-bond acceptors (Lipinski definition) is 4. The van der Waals surface area contributed by atoms with Crippen LogP contribution in [0.15, 0.2) is 58.8 Å². The first-order valence-corrected chi connectivity index (χ1v) is 9.72. The van der Waals surface area contributed by atoms with Crippen LogP contribution in [0.3, 0.4) is 0 Å². The third-order valence-electron chi connectivity index (χ3n) is 4.32. The van der Waals surface area contributed by atoms with Crippen molar-refractivity contribution in [3.05, 3.63) is 59.7 Å². The molecule has 0 aliphatic rings. The van der Waals surface area contributed by atoms with Gasteiger partial charge in [-0.1, -0.05) is 31.9 Å². The predicted molar refractivity (Wildman–Crippen MR) is 105 cm³/mol. The largest absolute Gasteiger partial charge is 0.466 e. The normalized spacial score (nSPS) is 11.7. The van der Waals surface area contributed by atoms with Gasteiger partial charge < -0.3 is 4.74 Å². The van der Waals surface area contributed by atoms with Gasteiger partial charge in [-0.15, -0.1) is 0 Å². The molecular weight excluding hydrogens is 381 g/mol. The SMILES string of the molecule is CCC(=O)OCCCCCCc1ccc(N=Nc2ccc(C(F)(F)F)cc2)cc1. The quantitative estimate of drug-likeness (QED) is 0.238. The average Bonchev–Trinajstić information content (AvgIpc) is 2.72. The topological polar surface area (TPSA) is 51.0 Å². The van der Waals surface area contributed by atoms with Gasteiger partial charge in [0.1, 0.15) is 0 Å². The molecule has 7 heteroatoms. The summed E-state index contributed by atoms with van der Waals surface area (Å²) in [5.74, 6) is -0.152. The number of hydrogen-bond donors (Lipinski definition) is 0. The van der Waals surface area contributed by atoms with Gasteiger partial charge in [0, 0.05) is 6.42 Å². The summed E-state index contributed by atoms with van der Waals surface area (Å²) >= 11 is 0. The zero-order valence-electron chi connectivity index (χ0n) is 16.4. The fourth-order valence-electron chi connectivity index (χ4n) is 2.63. The summed E-state index contributed by atoms with van der Waals surface area (Å²) in [7, 11) is 0. The maximum Gasteiger partial charge on any atom is 0.416 e. The van der Waals surface area contributed by atoms with Crippen molar-refractivity contribution in [2.24, 2.45) is 10.2 Å². The van der Waals surface area contributed by atoms with Gasteiger partial charge in [-0.25, -0.2) is 0 Å². The summed E-state index contributed by atoms with van der Waals surface area (Å²) in [5, 5.41) is 8.04. The van der Waals surface area contributed by atoms with Crippen molar-refractivity contribution >= 4 is 17.3 Å². The molecule has 0 spiro atoms. The monoisotopic (exact) mass is 406 g/mol. The molecule has 0 saturated heterocycles. The number of benzene rings is 2. The lowest BCUT2D eigenvalue weighted by atomic mass is 10.1. The lowest BCUT2D eigenvalue weighted by Crippen LogP contribution is -2.03. The van der Waals surface area contributed by atoms with Crippen LogP contribution in [0.4, 0.5) is 24.5 Å². The van der Waals surface area contributed by atoms with E-state index in [1.165, 1.54) is 17.7 Å². The maximum atomic E-state index is 12.5. The lowest BCUT2D eigenvalue weighted by molar-refractivity contribution is -0.143. The molecule has 0 amide bonds. The van der Waals surface area contributed by atoms with Crippen molar-refractivity contribution in [3.8, 4) is 0 Å².